The number of carbonyl (C=O) groups is 1. The van der Waals surface area contributed by atoms with Crippen molar-refractivity contribution in [1.29, 1.82) is 0 Å². The molecule has 1 saturated heterocycles. The van der Waals surface area contributed by atoms with Crippen LogP contribution in [0, 0.1) is 0 Å². The van der Waals surface area contributed by atoms with Gasteiger partial charge in [-0.3, -0.25) is 4.79 Å². The lowest BCUT2D eigenvalue weighted by molar-refractivity contribution is -0.262. The Morgan fingerprint density at radius 2 is 0.918 bits per heavy atom. The van der Waals surface area contributed by atoms with Crippen molar-refractivity contribution < 1.29 is 30.0 Å². The van der Waals surface area contributed by atoms with Crippen LogP contribution in [0.2, 0.25) is 0 Å². The lowest BCUT2D eigenvalue weighted by Gasteiger charge is -2.44. The molecule has 1 fully saturated rings. The van der Waals surface area contributed by atoms with Crippen LogP contribution < -0.4 is 0 Å². The Morgan fingerprint density at radius 1 is 0.531 bits per heavy atom. The summed E-state index contributed by atoms with van der Waals surface area (Å²) in [5, 5.41) is 41.1. The van der Waals surface area contributed by atoms with Gasteiger partial charge in [0.2, 0.25) is 5.91 Å². The lowest BCUT2D eigenvalue weighted by atomic mass is 9.97. The second-order valence-corrected chi connectivity index (χ2v) is 14.9. The van der Waals surface area contributed by atoms with Crippen molar-refractivity contribution in [3.05, 3.63) is 12.2 Å². The summed E-state index contributed by atoms with van der Waals surface area (Å²) >= 11 is 0. The molecule has 1 aliphatic rings. The molecular formula is C42H81NO6. The molecule has 0 aromatic rings. The van der Waals surface area contributed by atoms with Crippen molar-refractivity contribution >= 4 is 5.91 Å². The van der Waals surface area contributed by atoms with Crippen LogP contribution in [0.25, 0.3) is 0 Å². The van der Waals surface area contributed by atoms with Crippen molar-refractivity contribution in [2.24, 2.45) is 0 Å². The Bertz CT molecular complexity index is 761. The highest BCUT2D eigenvalue weighted by molar-refractivity contribution is 5.76. The number of hydrogen-bond acceptors (Lipinski definition) is 6. The van der Waals surface area contributed by atoms with Crippen molar-refractivity contribution in [2.75, 3.05) is 13.2 Å². The topological polar surface area (TPSA) is 110 Å². The second-order valence-electron chi connectivity index (χ2n) is 14.9. The van der Waals surface area contributed by atoms with E-state index in [1.165, 1.54) is 135 Å². The van der Waals surface area contributed by atoms with E-state index >= 15 is 0 Å². The fraction of sp³-hybridized carbons (Fsp3) is 0.929. The van der Waals surface area contributed by atoms with Crippen LogP contribution in [0.3, 0.4) is 0 Å². The molecule has 0 bridgehead atoms. The van der Waals surface area contributed by atoms with Gasteiger partial charge in [0.05, 0.1) is 6.61 Å². The van der Waals surface area contributed by atoms with E-state index in [2.05, 4.69) is 26.0 Å². The summed E-state index contributed by atoms with van der Waals surface area (Å²) in [6, 6.07) is 0. The first-order valence-corrected chi connectivity index (χ1v) is 21.2. The van der Waals surface area contributed by atoms with E-state index in [1.54, 1.807) is 4.90 Å². The number of hydrogen-bond donors (Lipinski definition) is 4. The average molecular weight is 696 g/mol. The fourth-order valence-corrected chi connectivity index (χ4v) is 7.05. The van der Waals surface area contributed by atoms with Gasteiger partial charge in [0.15, 0.2) is 6.23 Å². The summed E-state index contributed by atoms with van der Waals surface area (Å²) < 4.78 is 5.81. The summed E-state index contributed by atoms with van der Waals surface area (Å²) in [6.45, 7) is 4.47. The van der Waals surface area contributed by atoms with Crippen LogP contribution in [0.1, 0.15) is 206 Å². The third-order valence-corrected chi connectivity index (χ3v) is 10.4. The molecule has 1 aliphatic heterocycles. The average Bonchev–Trinajstić information content (AvgIpc) is 3.10. The quantitative estimate of drug-likeness (QED) is 0.0394. The minimum absolute atomic E-state index is 0.0945. The van der Waals surface area contributed by atoms with E-state index in [1.807, 2.05) is 0 Å². The maximum atomic E-state index is 13.4. The molecule has 0 aromatic carbocycles. The number of amides is 1. The van der Waals surface area contributed by atoms with Crippen LogP contribution in [0.5, 0.6) is 0 Å². The molecule has 0 aromatic heterocycles. The van der Waals surface area contributed by atoms with Crippen LogP contribution in [0.15, 0.2) is 12.2 Å². The maximum Gasteiger partial charge on any atom is 0.224 e. The minimum Gasteiger partial charge on any atom is -0.394 e. The molecule has 1 heterocycles. The van der Waals surface area contributed by atoms with Gasteiger partial charge in [0.25, 0.3) is 0 Å². The molecule has 1 unspecified atom stereocenters. The van der Waals surface area contributed by atoms with E-state index in [4.69, 9.17) is 4.74 Å². The first-order chi connectivity index (χ1) is 24.0. The van der Waals surface area contributed by atoms with E-state index in [-0.39, 0.29) is 5.91 Å². The third-order valence-electron chi connectivity index (χ3n) is 10.4. The number of carbonyl (C=O) groups excluding carboxylic acids is 1. The highest BCUT2D eigenvalue weighted by atomic mass is 16.6. The van der Waals surface area contributed by atoms with Gasteiger partial charge in [-0.15, -0.1) is 0 Å². The number of nitrogens with zero attached hydrogens (tertiary/aromatic N) is 1. The molecule has 1 amide bonds. The predicted molar refractivity (Wildman–Crippen MR) is 204 cm³/mol. The lowest BCUT2D eigenvalue weighted by Crippen LogP contribution is -2.64. The Labute approximate surface area is 302 Å². The standard InChI is InChI=1S/C42H81NO6/c1-3-5-7-9-11-13-15-17-19-21-23-25-27-29-31-33-35-43(42-41(48)40(47)39(46)37(36-44)49-42)38(45)34-32-30-28-26-24-22-20-18-16-14-12-10-8-6-4-2/h18,20,37,39-42,44,46-48H,3-17,19,21-36H2,1-2H3/t37-,39-,40+,41-,42?/m1/s1. The van der Waals surface area contributed by atoms with Gasteiger partial charge in [-0.2, -0.15) is 0 Å². The minimum atomic E-state index is -1.48. The SMILES string of the molecule is CCCCCCCCC=CCCCCCCCC(=O)N(CCCCCCCCCCCCCCCCCC)C1O[C@H](CO)[C@@H](O)[C@H](O)[C@H]1O. The zero-order valence-electron chi connectivity index (χ0n) is 32.2. The molecule has 0 saturated carbocycles. The molecule has 0 spiro atoms. The fourth-order valence-electron chi connectivity index (χ4n) is 7.05. The number of allylic oxidation sites excluding steroid dienone is 2. The van der Waals surface area contributed by atoms with Gasteiger partial charge in [0.1, 0.15) is 24.4 Å². The monoisotopic (exact) mass is 696 g/mol. The molecule has 1 rings (SSSR count). The van der Waals surface area contributed by atoms with Crippen molar-refractivity contribution in [3.8, 4) is 0 Å². The highest BCUT2D eigenvalue weighted by Crippen LogP contribution is 2.25. The molecule has 49 heavy (non-hydrogen) atoms. The molecule has 290 valence electrons. The van der Waals surface area contributed by atoms with Gasteiger partial charge < -0.3 is 30.1 Å². The Morgan fingerprint density at radius 3 is 1.35 bits per heavy atom. The van der Waals surface area contributed by atoms with Crippen molar-refractivity contribution in [1.82, 2.24) is 4.90 Å². The smallest absolute Gasteiger partial charge is 0.224 e. The zero-order chi connectivity index (χ0) is 35.8. The summed E-state index contributed by atoms with van der Waals surface area (Å²) in [5.74, 6) is -0.0945. The van der Waals surface area contributed by atoms with E-state index in [9.17, 15) is 25.2 Å². The van der Waals surface area contributed by atoms with Gasteiger partial charge >= 0.3 is 0 Å². The van der Waals surface area contributed by atoms with Crippen LogP contribution >= 0.6 is 0 Å². The molecule has 0 radical (unpaired) electrons. The summed E-state index contributed by atoms with van der Waals surface area (Å²) in [4.78, 5) is 15.0. The van der Waals surface area contributed by atoms with E-state index < -0.39 is 37.3 Å². The Kier molecular flexibility index (Phi) is 30.9. The largest absolute Gasteiger partial charge is 0.394 e. The number of aliphatic hydroxyl groups excluding tert-OH is 4. The van der Waals surface area contributed by atoms with Gasteiger partial charge in [0, 0.05) is 13.0 Å². The summed E-state index contributed by atoms with van der Waals surface area (Å²) in [6.07, 6.45) is 34.5. The van der Waals surface area contributed by atoms with E-state index in [0.717, 1.165) is 51.4 Å². The molecule has 0 aliphatic carbocycles. The summed E-state index contributed by atoms with van der Waals surface area (Å²) in [5.41, 5.74) is 0. The summed E-state index contributed by atoms with van der Waals surface area (Å²) in [7, 11) is 0. The highest BCUT2D eigenvalue weighted by Gasteiger charge is 2.46. The first kappa shape index (κ1) is 46.0. The number of rotatable bonds is 34. The third kappa shape index (κ3) is 23.2. The van der Waals surface area contributed by atoms with Crippen LogP contribution in [0.4, 0.5) is 0 Å². The van der Waals surface area contributed by atoms with Gasteiger partial charge in [-0.1, -0.05) is 174 Å². The van der Waals surface area contributed by atoms with Crippen molar-refractivity contribution in [3.63, 3.8) is 0 Å². The van der Waals surface area contributed by atoms with E-state index in [0.29, 0.717) is 13.0 Å². The van der Waals surface area contributed by atoms with Crippen LogP contribution in [-0.4, -0.2) is 75.0 Å². The predicted octanol–water partition coefficient (Wildman–Crippen LogP) is 9.91. The normalized spacial score (nSPS) is 21.1. The Balaban J connectivity index is 2.30. The number of unbranched alkanes of at least 4 members (excludes halogenated alkanes) is 26. The number of aliphatic hydroxyl groups is 4. The first-order valence-electron chi connectivity index (χ1n) is 21.2. The molecular weight excluding hydrogens is 614 g/mol. The Hall–Kier alpha value is -0.990. The van der Waals surface area contributed by atoms with Crippen LogP contribution in [-0.2, 0) is 9.53 Å². The van der Waals surface area contributed by atoms with Crippen molar-refractivity contribution in [2.45, 2.75) is 237 Å². The second kappa shape index (κ2) is 32.9. The maximum absolute atomic E-state index is 13.4. The number of ether oxygens (including phenoxy) is 1. The zero-order valence-corrected chi connectivity index (χ0v) is 32.2. The van der Waals surface area contributed by atoms with Gasteiger partial charge in [-0.25, -0.2) is 0 Å². The molecule has 5 atom stereocenters. The molecule has 7 nitrogen and oxygen atoms in total. The van der Waals surface area contributed by atoms with Gasteiger partial charge in [-0.05, 0) is 38.5 Å². The molecule has 7 heteroatoms. The molecule has 4 N–H and O–H groups in total.